The average molecular weight is 329 g/mol. The molecule has 92 valence electrons. The standard InChI is InChI=1S/C8H6N4O4.Ag/c13-8(14)2-4-1-5-6(10-11-9-5)3-7(4)12(15)16;/h1,3H,2H2,(H,13,14)(H,9,10,11);/q;+1/p-1. The molecule has 0 unspecified atom stereocenters. The predicted molar refractivity (Wildman–Crippen MR) is 49.3 cm³/mol. The quantitative estimate of drug-likeness (QED) is 0.444. The summed E-state index contributed by atoms with van der Waals surface area (Å²) in [5.74, 6) is -1.38. The van der Waals surface area contributed by atoms with Gasteiger partial charge in [0.2, 0.25) is 0 Å². The van der Waals surface area contributed by atoms with Crippen LogP contribution in [0.25, 0.3) is 11.0 Å². The number of nitro groups is 1. The van der Waals surface area contributed by atoms with Crippen molar-refractivity contribution in [1.29, 1.82) is 0 Å². The van der Waals surface area contributed by atoms with Gasteiger partial charge in [-0.1, -0.05) is 0 Å². The zero-order valence-corrected chi connectivity index (χ0v) is 9.62. The molecule has 2 aromatic rings. The maximum atomic E-state index is 10.7. The molecule has 1 N–H and O–H groups in total. The first kappa shape index (κ1) is 13.3. The van der Waals surface area contributed by atoms with Crippen LogP contribution >= 0.6 is 0 Å². The molecular weight excluding hydrogens is 324 g/mol. The molecule has 2 rings (SSSR count). The van der Waals surface area contributed by atoms with E-state index in [2.05, 4.69) is 15.4 Å². The van der Waals surface area contributed by atoms with Crippen LogP contribution in [0.5, 0.6) is 0 Å². The number of benzene rings is 1. The Bertz CT molecular complexity index is 582. The molecule has 0 fully saturated rings. The minimum atomic E-state index is -1.38. The largest absolute Gasteiger partial charge is 1.00 e. The van der Waals surface area contributed by atoms with Crippen molar-refractivity contribution in [3.8, 4) is 0 Å². The summed E-state index contributed by atoms with van der Waals surface area (Å²) in [4.78, 5) is 20.5. The number of rotatable bonds is 3. The molecule has 8 nitrogen and oxygen atoms in total. The summed E-state index contributed by atoms with van der Waals surface area (Å²) in [6.45, 7) is 0. The number of H-pyrrole nitrogens is 1. The van der Waals surface area contributed by atoms with Crippen molar-refractivity contribution in [1.82, 2.24) is 15.4 Å². The summed E-state index contributed by atoms with van der Waals surface area (Å²) in [5, 5.41) is 30.8. The fraction of sp³-hybridized carbons (Fsp3) is 0.125. The van der Waals surface area contributed by atoms with Gasteiger partial charge in [-0.3, -0.25) is 10.1 Å². The number of hydrogen-bond acceptors (Lipinski definition) is 6. The minimum absolute atomic E-state index is 0. The van der Waals surface area contributed by atoms with Crippen molar-refractivity contribution in [3.05, 3.63) is 27.8 Å². The molecule has 0 saturated heterocycles. The van der Waals surface area contributed by atoms with Crippen molar-refractivity contribution in [2.45, 2.75) is 6.42 Å². The van der Waals surface area contributed by atoms with Crippen LogP contribution in [0.2, 0.25) is 0 Å². The van der Waals surface area contributed by atoms with E-state index in [9.17, 15) is 20.0 Å². The van der Waals surface area contributed by atoms with Crippen molar-refractivity contribution in [2.24, 2.45) is 0 Å². The first-order valence-corrected chi connectivity index (χ1v) is 4.25. The van der Waals surface area contributed by atoms with E-state index in [1.54, 1.807) is 0 Å². The smallest absolute Gasteiger partial charge is 0.550 e. The average Bonchev–Trinajstić information content (AvgIpc) is 2.62. The van der Waals surface area contributed by atoms with Crippen molar-refractivity contribution in [3.63, 3.8) is 0 Å². The number of fused-ring (bicyclic) bond motifs is 1. The van der Waals surface area contributed by atoms with Gasteiger partial charge >= 0.3 is 22.4 Å². The summed E-state index contributed by atoms with van der Waals surface area (Å²) >= 11 is 0. The Morgan fingerprint density at radius 1 is 1.35 bits per heavy atom. The summed E-state index contributed by atoms with van der Waals surface area (Å²) in [5.41, 5.74) is 0.438. The number of nitrogens with zero attached hydrogens (tertiary/aromatic N) is 3. The zero-order valence-electron chi connectivity index (χ0n) is 8.14. The van der Waals surface area contributed by atoms with Crippen LogP contribution < -0.4 is 5.11 Å². The molecule has 1 aromatic heterocycles. The van der Waals surface area contributed by atoms with Crippen LogP contribution in [-0.2, 0) is 33.6 Å². The molecule has 1 aromatic carbocycles. The molecule has 0 saturated carbocycles. The minimum Gasteiger partial charge on any atom is -0.550 e. The van der Waals surface area contributed by atoms with Gasteiger partial charge in [-0.05, 0) is 6.07 Å². The molecule has 0 aliphatic heterocycles. The third-order valence-electron chi connectivity index (χ3n) is 2.05. The SMILES string of the molecule is O=C([O-])Cc1cc2n[nH]nc2cc1[N+](=O)[O-].[Ag+]. The molecule has 0 amide bonds. The van der Waals surface area contributed by atoms with E-state index in [4.69, 9.17) is 0 Å². The van der Waals surface area contributed by atoms with E-state index in [-0.39, 0.29) is 33.6 Å². The summed E-state index contributed by atoms with van der Waals surface area (Å²) in [7, 11) is 0. The zero-order chi connectivity index (χ0) is 11.7. The van der Waals surface area contributed by atoms with Crippen LogP contribution in [0.4, 0.5) is 5.69 Å². The monoisotopic (exact) mass is 328 g/mol. The number of hydrogen-bond donors (Lipinski definition) is 1. The third-order valence-corrected chi connectivity index (χ3v) is 2.05. The number of carbonyl (C=O) groups is 1. The van der Waals surface area contributed by atoms with Crippen LogP contribution in [0.15, 0.2) is 12.1 Å². The topological polar surface area (TPSA) is 125 Å². The molecule has 0 spiro atoms. The number of carbonyl (C=O) groups excluding carboxylic acids is 1. The summed E-state index contributed by atoms with van der Waals surface area (Å²) in [6.07, 6.45) is -0.529. The van der Waals surface area contributed by atoms with Crippen LogP contribution in [0.1, 0.15) is 5.56 Å². The van der Waals surface area contributed by atoms with Gasteiger partial charge in [0.25, 0.3) is 5.69 Å². The maximum absolute atomic E-state index is 10.7. The van der Waals surface area contributed by atoms with E-state index in [0.717, 1.165) is 0 Å². The van der Waals surface area contributed by atoms with Gasteiger partial charge in [0.15, 0.2) is 0 Å². The Morgan fingerprint density at radius 3 is 2.47 bits per heavy atom. The molecule has 0 aliphatic rings. The number of carboxylic acid groups (broad SMARTS) is 1. The van der Waals surface area contributed by atoms with Gasteiger partial charge in [-0.15, -0.1) is 0 Å². The van der Waals surface area contributed by atoms with Gasteiger partial charge in [0.05, 0.1) is 4.92 Å². The molecule has 9 heteroatoms. The normalized spacial score (nSPS) is 9.88. The van der Waals surface area contributed by atoms with E-state index >= 15 is 0 Å². The fourth-order valence-electron chi connectivity index (χ4n) is 1.39. The predicted octanol–water partition coefficient (Wildman–Crippen LogP) is -0.844. The molecule has 17 heavy (non-hydrogen) atoms. The van der Waals surface area contributed by atoms with Crippen molar-refractivity contribution in [2.75, 3.05) is 0 Å². The Balaban J connectivity index is 0.00000144. The molecule has 0 bridgehead atoms. The van der Waals surface area contributed by atoms with E-state index < -0.39 is 17.3 Å². The van der Waals surface area contributed by atoms with Crippen molar-refractivity contribution >= 4 is 22.7 Å². The number of aromatic nitrogens is 3. The molecular formula is C8H5AgN4O4. The van der Waals surface area contributed by atoms with Gasteiger partial charge in [-0.2, -0.15) is 15.4 Å². The Hall–Kier alpha value is -1.77. The number of nitrogens with one attached hydrogen (secondary N) is 1. The number of aromatic amines is 1. The van der Waals surface area contributed by atoms with E-state index in [1.165, 1.54) is 12.1 Å². The molecule has 0 atom stereocenters. The molecule has 0 radical (unpaired) electrons. The van der Waals surface area contributed by atoms with E-state index in [1.807, 2.05) is 0 Å². The second-order valence-corrected chi connectivity index (χ2v) is 3.10. The van der Waals surface area contributed by atoms with Crippen LogP contribution in [0, 0.1) is 10.1 Å². The van der Waals surface area contributed by atoms with Gasteiger partial charge in [-0.25, -0.2) is 0 Å². The Labute approximate surface area is 110 Å². The van der Waals surface area contributed by atoms with Crippen LogP contribution in [-0.4, -0.2) is 26.3 Å². The Kier molecular flexibility index (Phi) is 3.94. The van der Waals surface area contributed by atoms with Gasteiger partial charge < -0.3 is 9.90 Å². The number of nitro benzene ring substituents is 1. The second kappa shape index (κ2) is 5.04. The van der Waals surface area contributed by atoms with Gasteiger partial charge in [0, 0.05) is 24.0 Å². The maximum Gasteiger partial charge on any atom is 1.00 e. The van der Waals surface area contributed by atoms with Crippen molar-refractivity contribution < 1.29 is 37.2 Å². The van der Waals surface area contributed by atoms with Crippen LogP contribution in [0.3, 0.4) is 0 Å². The molecule has 1 heterocycles. The first-order valence-electron chi connectivity index (χ1n) is 4.25. The Morgan fingerprint density at radius 2 is 1.94 bits per heavy atom. The molecule has 0 aliphatic carbocycles. The second-order valence-electron chi connectivity index (χ2n) is 3.10. The first-order chi connectivity index (χ1) is 7.58. The fourth-order valence-corrected chi connectivity index (χ4v) is 1.39. The van der Waals surface area contributed by atoms with E-state index in [0.29, 0.717) is 11.0 Å². The third kappa shape index (κ3) is 2.67. The summed E-state index contributed by atoms with van der Waals surface area (Å²) < 4.78 is 0. The summed E-state index contributed by atoms with van der Waals surface area (Å²) in [6, 6.07) is 2.49. The number of aliphatic carboxylic acids is 1. The van der Waals surface area contributed by atoms with Gasteiger partial charge in [0.1, 0.15) is 11.0 Å². The number of carboxylic acids is 1.